The van der Waals surface area contributed by atoms with Gasteiger partial charge in [0.05, 0.1) is 22.0 Å². The highest BCUT2D eigenvalue weighted by molar-refractivity contribution is 7.14. The summed E-state index contributed by atoms with van der Waals surface area (Å²) in [6, 6.07) is 18.9. The van der Waals surface area contributed by atoms with Crippen LogP contribution in [0.5, 0.6) is 0 Å². The molecule has 0 bridgehead atoms. The van der Waals surface area contributed by atoms with Crippen molar-refractivity contribution in [2.24, 2.45) is 15.3 Å². The lowest BCUT2D eigenvalue weighted by atomic mass is 10.1. The number of hydrogen-bond acceptors (Lipinski definition) is 8. The van der Waals surface area contributed by atoms with Crippen LogP contribution in [-0.4, -0.2) is 27.6 Å². The summed E-state index contributed by atoms with van der Waals surface area (Å²) in [4.78, 5) is 28.1. The average molecular weight is 456 g/mol. The van der Waals surface area contributed by atoms with Crippen molar-refractivity contribution >= 4 is 50.2 Å². The number of thiazole rings is 1. The van der Waals surface area contributed by atoms with Gasteiger partial charge in [-0.2, -0.15) is 20.3 Å². The first-order chi connectivity index (χ1) is 16.0. The number of benzene rings is 3. The molecule has 9 nitrogen and oxygen atoms in total. The molecule has 3 aromatic carbocycles. The normalized spacial score (nSPS) is 16.0. The second-order valence-corrected chi connectivity index (χ2v) is 8.17. The summed E-state index contributed by atoms with van der Waals surface area (Å²) in [5, 5.41) is 29.3. The molecule has 1 aromatic heterocycles. The Bertz CT molecular complexity index is 1460. The maximum absolute atomic E-state index is 13.0. The maximum atomic E-state index is 13.0. The van der Waals surface area contributed by atoms with Crippen molar-refractivity contribution < 1.29 is 9.72 Å². The molecule has 0 unspecified atom stereocenters. The summed E-state index contributed by atoms with van der Waals surface area (Å²) < 4.78 is 0. The fourth-order valence-corrected chi connectivity index (χ4v) is 4.30. The molecule has 0 N–H and O–H groups in total. The SMILES string of the molecule is CC1=NN(c2nc(-c3cccc([N+](=O)[O-])c3)cs2)C(=O)[C@H]1N=Nc1cccc2ccccc12. The Labute approximate surface area is 191 Å². The Morgan fingerprint density at radius 2 is 1.88 bits per heavy atom. The molecule has 1 aliphatic heterocycles. The molecular formula is C23H16N6O3S. The number of amides is 1. The average Bonchev–Trinajstić information content (AvgIpc) is 3.42. The second-order valence-electron chi connectivity index (χ2n) is 7.33. The molecule has 0 fully saturated rings. The van der Waals surface area contributed by atoms with E-state index in [1.807, 2.05) is 42.5 Å². The number of non-ortho nitro benzene ring substituents is 1. The number of nitrogens with zero attached hydrogens (tertiary/aromatic N) is 6. The zero-order valence-corrected chi connectivity index (χ0v) is 18.1. The Kier molecular flexibility index (Phi) is 5.19. The number of carbonyl (C=O) groups excluding carboxylic acids is 1. The fourth-order valence-electron chi connectivity index (χ4n) is 3.51. The molecule has 1 aliphatic rings. The molecule has 2 heterocycles. The number of nitro benzene ring substituents is 1. The molecule has 162 valence electrons. The van der Waals surface area contributed by atoms with Crippen LogP contribution >= 0.6 is 11.3 Å². The summed E-state index contributed by atoms with van der Waals surface area (Å²) in [6.45, 7) is 1.72. The van der Waals surface area contributed by atoms with E-state index >= 15 is 0 Å². The summed E-state index contributed by atoms with van der Waals surface area (Å²) in [5.74, 6) is -0.351. The molecule has 0 saturated carbocycles. The monoisotopic (exact) mass is 456 g/mol. The molecule has 1 amide bonds. The number of fused-ring (bicyclic) bond motifs is 1. The van der Waals surface area contributed by atoms with Gasteiger partial charge >= 0.3 is 0 Å². The van der Waals surface area contributed by atoms with Crippen LogP contribution in [0.15, 0.2) is 87.4 Å². The molecule has 1 atom stereocenters. The van der Waals surface area contributed by atoms with Gasteiger partial charge in [-0.25, -0.2) is 4.98 Å². The zero-order chi connectivity index (χ0) is 22.9. The van der Waals surface area contributed by atoms with Gasteiger partial charge in [0, 0.05) is 28.5 Å². The Morgan fingerprint density at radius 3 is 2.73 bits per heavy atom. The molecule has 33 heavy (non-hydrogen) atoms. The lowest BCUT2D eigenvalue weighted by Crippen LogP contribution is -2.29. The number of hydrogen-bond donors (Lipinski definition) is 0. The van der Waals surface area contributed by atoms with Crippen molar-refractivity contribution in [2.75, 3.05) is 5.01 Å². The maximum Gasteiger partial charge on any atom is 0.282 e. The van der Waals surface area contributed by atoms with E-state index in [1.54, 1.807) is 24.4 Å². The molecule has 5 rings (SSSR count). The van der Waals surface area contributed by atoms with Gasteiger partial charge in [-0.15, -0.1) is 11.3 Å². The number of azo groups is 1. The van der Waals surface area contributed by atoms with E-state index < -0.39 is 11.0 Å². The largest absolute Gasteiger partial charge is 0.282 e. The van der Waals surface area contributed by atoms with Gasteiger partial charge in [0.1, 0.15) is 0 Å². The van der Waals surface area contributed by atoms with Crippen molar-refractivity contribution in [1.29, 1.82) is 0 Å². The summed E-state index contributed by atoms with van der Waals surface area (Å²) >= 11 is 1.22. The lowest BCUT2D eigenvalue weighted by Gasteiger charge is -2.08. The van der Waals surface area contributed by atoms with Crippen molar-refractivity contribution in [2.45, 2.75) is 13.0 Å². The van der Waals surface area contributed by atoms with Crippen LogP contribution in [0.3, 0.4) is 0 Å². The van der Waals surface area contributed by atoms with E-state index in [0.717, 1.165) is 10.8 Å². The van der Waals surface area contributed by atoms with E-state index in [9.17, 15) is 14.9 Å². The summed E-state index contributed by atoms with van der Waals surface area (Å²) in [5.41, 5.74) is 2.28. The van der Waals surface area contributed by atoms with E-state index in [1.165, 1.54) is 28.5 Å². The highest BCUT2D eigenvalue weighted by Crippen LogP contribution is 2.32. The number of carbonyl (C=O) groups is 1. The third kappa shape index (κ3) is 3.87. The second kappa shape index (κ2) is 8.32. The van der Waals surface area contributed by atoms with Crippen LogP contribution in [0.1, 0.15) is 6.92 Å². The van der Waals surface area contributed by atoms with E-state index in [2.05, 4.69) is 20.3 Å². The smallest absolute Gasteiger partial charge is 0.269 e. The van der Waals surface area contributed by atoms with Crippen molar-refractivity contribution in [3.63, 3.8) is 0 Å². The summed E-state index contributed by atoms with van der Waals surface area (Å²) in [6.07, 6.45) is 0. The minimum absolute atomic E-state index is 0.0259. The van der Waals surface area contributed by atoms with Gasteiger partial charge in [0.2, 0.25) is 5.13 Å². The molecule has 0 spiro atoms. The first-order valence-corrected chi connectivity index (χ1v) is 10.9. The van der Waals surface area contributed by atoms with Crippen LogP contribution in [0, 0.1) is 10.1 Å². The minimum atomic E-state index is -0.839. The van der Waals surface area contributed by atoms with E-state index in [4.69, 9.17) is 0 Å². The van der Waals surface area contributed by atoms with Gasteiger partial charge in [0.15, 0.2) is 6.04 Å². The Morgan fingerprint density at radius 1 is 1.09 bits per heavy atom. The number of hydrazone groups is 1. The molecule has 0 aliphatic carbocycles. The molecule has 10 heteroatoms. The first-order valence-electron chi connectivity index (χ1n) is 9.99. The quantitative estimate of drug-likeness (QED) is 0.216. The summed E-state index contributed by atoms with van der Waals surface area (Å²) in [7, 11) is 0. The third-order valence-corrected chi connectivity index (χ3v) is 5.99. The Balaban J connectivity index is 1.39. The predicted octanol–water partition coefficient (Wildman–Crippen LogP) is 5.75. The van der Waals surface area contributed by atoms with Gasteiger partial charge in [-0.1, -0.05) is 48.5 Å². The van der Waals surface area contributed by atoms with Gasteiger partial charge in [0.25, 0.3) is 11.6 Å². The standard InChI is InChI=1S/C23H16N6O3S/c1-14-21(26-25-19-11-5-7-15-6-2-3-10-18(15)19)22(30)28(27-14)23-24-20(13-33-23)16-8-4-9-17(12-16)29(31)32/h2-13,21H,1H3/t21-/m0/s1. The number of anilines is 1. The topological polar surface area (TPSA) is 113 Å². The van der Waals surface area contributed by atoms with E-state index in [0.29, 0.717) is 27.8 Å². The molecule has 0 radical (unpaired) electrons. The Hall–Kier alpha value is -4.31. The van der Waals surface area contributed by atoms with Crippen LogP contribution in [0.4, 0.5) is 16.5 Å². The minimum Gasteiger partial charge on any atom is -0.269 e. The van der Waals surface area contributed by atoms with Crippen LogP contribution in [0.25, 0.3) is 22.0 Å². The number of nitro groups is 1. The highest BCUT2D eigenvalue weighted by Gasteiger charge is 2.36. The zero-order valence-electron chi connectivity index (χ0n) is 17.3. The highest BCUT2D eigenvalue weighted by atomic mass is 32.1. The third-order valence-electron chi connectivity index (χ3n) is 5.17. The van der Waals surface area contributed by atoms with Crippen LogP contribution in [0.2, 0.25) is 0 Å². The number of rotatable bonds is 5. The van der Waals surface area contributed by atoms with Crippen molar-refractivity contribution in [3.05, 3.63) is 82.2 Å². The first kappa shape index (κ1) is 20.6. The fraction of sp³-hybridized carbons (Fsp3) is 0.0870. The molecular weight excluding hydrogens is 440 g/mol. The van der Waals surface area contributed by atoms with Crippen LogP contribution < -0.4 is 5.01 Å². The van der Waals surface area contributed by atoms with Crippen LogP contribution in [-0.2, 0) is 4.79 Å². The van der Waals surface area contributed by atoms with Gasteiger partial charge < -0.3 is 0 Å². The molecule has 0 saturated heterocycles. The number of aromatic nitrogens is 1. The van der Waals surface area contributed by atoms with E-state index in [-0.39, 0.29) is 11.6 Å². The van der Waals surface area contributed by atoms with Crippen molar-refractivity contribution in [3.8, 4) is 11.3 Å². The van der Waals surface area contributed by atoms with Gasteiger partial charge in [-0.05, 0) is 18.4 Å². The van der Waals surface area contributed by atoms with Gasteiger partial charge in [-0.3, -0.25) is 14.9 Å². The lowest BCUT2D eigenvalue weighted by molar-refractivity contribution is -0.384. The predicted molar refractivity (Wildman–Crippen MR) is 127 cm³/mol. The molecule has 4 aromatic rings. The van der Waals surface area contributed by atoms with Crippen molar-refractivity contribution in [1.82, 2.24) is 4.98 Å².